The van der Waals surface area contributed by atoms with Crippen LogP contribution in [0.5, 0.6) is 0 Å². The van der Waals surface area contributed by atoms with E-state index in [1.54, 1.807) is 29.4 Å². The lowest BCUT2D eigenvalue weighted by molar-refractivity contribution is 0.0623. The summed E-state index contributed by atoms with van der Waals surface area (Å²) in [5.41, 5.74) is 1.18. The summed E-state index contributed by atoms with van der Waals surface area (Å²) >= 11 is 0. The second kappa shape index (κ2) is 7.69. The maximum atomic E-state index is 13.1. The van der Waals surface area contributed by atoms with E-state index in [0.717, 1.165) is 38.8 Å². The Balaban J connectivity index is 1.88. The molecule has 2 heterocycles. The van der Waals surface area contributed by atoms with Crippen LogP contribution >= 0.6 is 0 Å². The van der Waals surface area contributed by atoms with Crippen molar-refractivity contribution in [2.24, 2.45) is 11.8 Å². The third-order valence-electron chi connectivity index (χ3n) is 5.52. The molecule has 0 bridgehead atoms. The molecule has 0 spiro atoms. The van der Waals surface area contributed by atoms with Crippen LogP contribution in [0.2, 0.25) is 0 Å². The molecule has 0 N–H and O–H groups in total. The molecular weight excluding hydrogens is 348 g/mol. The third-order valence-corrected chi connectivity index (χ3v) is 7.56. The maximum Gasteiger partial charge on any atom is 0.253 e. The normalized spacial score (nSPS) is 25.3. The van der Waals surface area contributed by atoms with Crippen molar-refractivity contribution >= 4 is 15.9 Å². The first-order chi connectivity index (χ1) is 12.3. The summed E-state index contributed by atoms with van der Waals surface area (Å²) in [5, 5.41) is 0. The number of aryl methyl sites for hydroxylation is 1. The van der Waals surface area contributed by atoms with Crippen LogP contribution in [0.3, 0.4) is 0 Å². The van der Waals surface area contributed by atoms with Crippen LogP contribution in [0.4, 0.5) is 0 Å². The van der Waals surface area contributed by atoms with Crippen LogP contribution in [0.25, 0.3) is 0 Å². The Hall–Kier alpha value is -1.40. The molecule has 1 aromatic carbocycles. The number of hydrogen-bond donors (Lipinski definition) is 0. The second-order valence-corrected chi connectivity index (χ2v) is 10.0. The summed E-state index contributed by atoms with van der Waals surface area (Å²) in [5.74, 6) is 0.896. The Morgan fingerprint density at radius 1 is 1.04 bits per heavy atom. The lowest BCUT2D eigenvalue weighted by Gasteiger charge is -2.35. The Bertz CT molecular complexity index is 759. The van der Waals surface area contributed by atoms with Gasteiger partial charge in [0.25, 0.3) is 5.91 Å². The zero-order chi connectivity index (χ0) is 18.9. The summed E-state index contributed by atoms with van der Waals surface area (Å²) < 4.78 is 27.7. The first-order valence-electron chi connectivity index (χ1n) is 9.69. The molecule has 1 aromatic rings. The Morgan fingerprint density at radius 3 is 2.27 bits per heavy atom. The molecule has 26 heavy (non-hydrogen) atoms. The minimum absolute atomic E-state index is 0.0569. The van der Waals surface area contributed by atoms with Crippen molar-refractivity contribution in [3.05, 3.63) is 29.3 Å². The fourth-order valence-corrected chi connectivity index (χ4v) is 6.03. The fourth-order valence-electron chi connectivity index (χ4n) is 4.27. The van der Waals surface area contributed by atoms with Crippen molar-refractivity contribution in [2.75, 3.05) is 26.2 Å². The van der Waals surface area contributed by atoms with E-state index in [-0.39, 0.29) is 10.8 Å². The van der Waals surface area contributed by atoms with Gasteiger partial charge in [0, 0.05) is 31.7 Å². The number of piperidine rings is 2. The van der Waals surface area contributed by atoms with Crippen molar-refractivity contribution in [1.82, 2.24) is 9.21 Å². The van der Waals surface area contributed by atoms with Gasteiger partial charge in [0.05, 0.1) is 4.90 Å². The largest absolute Gasteiger partial charge is 0.338 e. The number of benzene rings is 1. The van der Waals surface area contributed by atoms with Crippen LogP contribution in [0, 0.1) is 18.8 Å². The van der Waals surface area contributed by atoms with E-state index in [1.807, 2.05) is 4.90 Å². The molecule has 0 unspecified atom stereocenters. The van der Waals surface area contributed by atoms with Crippen LogP contribution in [-0.2, 0) is 10.0 Å². The zero-order valence-electron chi connectivity index (χ0n) is 16.1. The van der Waals surface area contributed by atoms with Crippen LogP contribution in [0.1, 0.15) is 55.5 Å². The number of nitrogens with zero attached hydrogens (tertiary/aromatic N) is 2. The monoisotopic (exact) mass is 378 g/mol. The van der Waals surface area contributed by atoms with E-state index in [4.69, 9.17) is 0 Å². The molecular formula is C20H30N2O3S. The highest BCUT2D eigenvalue weighted by molar-refractivity contribution is 7.89. The van der Waals surface area contributed by atoms with Gasteiger partial charge < -0.3 is 4.90 Å². The molecule has 2 aliphatic heterocycles. The Morgan fingerprint density at radius 2 is 1.65 bits per heavy atom. The lowest BCUT2D eigenvalue weighted by atomic mass is 9.91. The number of sulfonamides is 1. The summed E-state index contributed by atoms with van der Waals surface area (Å²) in [6, 6.07) is 5.11. The van der Waals surface area contributed by atoms with Gasteiger partial charge >= 0.3 is 0 Å². The highest BCUT2D eigenvalue weighted by atomic mass is 32.2. The SMILES string of the molecule is Cc1ccc(C(=O)N2C[C@H](C)C[C@@H](C)C2)cc1S(=O)(=O)N1CCCCC1. The van der Waals surface area contributed by atoms with Crippen molar-refractivity contribution in [3.8, 4) is 0 Å². The predicted molar refractivity (Wildman–Crippen MR) is 103 cm³/mol. The van der Waals surface area contributed by atoms with Gasteiger partial charge in [0.2, 0.25) is 10.0 Å². The van der Waals surface area contributed by atoms with Gasteiger partial charge in [-0.3, -0.25) is 4.79 Å². The van der Waals surface area contributed by atoms with E-state index in [2.05, 4.69) is 13.8 Å². The van der Waals surface area contributed by atoms with Crippen LogP contribution in [-0.4, -0.2) is 49.7 Å². The molecule has 6 heteroatoms. The van der Waals surface area contributed by atoms with E-state index in [9.17, 15) is 13.2 Å². The molecule has 2 saturated heterocycles. The number of amides is 1. The Kier molecular flexibility index (Phi) is 5.72. The van der Waals surface area contributed by atoms with Gasteiger partial charge in [0.15, 0.2) is 0 Å². The van der Waals surface area contributed by atoms with Gasteiger partial charge in [-0.25, -0.2) is 8.42 Å². The molecule has 144 valence electrons. The zero-order valence-corrected chi connectivity index (χ0v) is 16.9. The molecule has 3 rings (SSSR count). The number of carbonyl (C=O) groups excluding carboxylic acids is 1. The van der Waals surface area contributed by atoms with Crippen molar-refractivity contribution in [2.45, 2.75) is 51.3 Å². The van der Waals surface area contributed by atoms with Gasteiger partial charge in [-0.1, -0.05) is 26.3 Å². The van der Waals surface area contributed by atoms with Gasteiger partial charge in [-0.15, -0.1) is 0 Å². The topological polar surface area (TPSA) is 57.7 Å². The molecule has 2 atom stereocenters. The third kappa shape index (κ3) is 3.96. The highest BCUT2D eigenvalue weighted by Crippen LogP contribution is 2.27. The number of likely N-dealkylation sites (tertiary alicyclic amines) is 1. The highest BCUT2D eigenvalue weighted by Gasteiger charge is 2.30. The smallest absolute Gasteiger partial charge is 0.253 e. The standard InChI is InChI=1S/C20H30N2O3S/c1-15-11-16(2)14-21(13-15)20(23)18-8-7-17(3)19(12-18)26(24,25)22-9-5-4-6-10-22/h7-8,12,15-16H,4-6,9-11,13-14H2,1-3H3/t15-,16-/m1/s1. The minimum atomic E-state index is -3.54. The maximum absolute atomic E-state index is 13.1. The average Bonchev–Trinajstić information content (AvgIpc) is 2.61. The molecule has 5 nitrogen and oxygen atoms in total. The summed E-state index contributed by atoms with van der Waals surface area (Å²) in [4.78, 5) is 15.1. The van der Waals surface area contributed by atoms with E-state index in [1.165, 1.54) is 0 Å². The first kappa shape index (κ1) is 19.4. The lowest BCUT2D eigenvalue weighted by Crippen LogP contribution is -2.42. The van der Waals surface area contributed by atoms with Gasteiger partial charge in [-0.2, -0.15) is 4.31 Å². The fraction of sp³-hybridized carbons (Fsp3) is 0.650. The first-order valence-corrected chi connectivity index (χ1v) is 11.1. The predicted octanol–water partition coefficient (Wildman–Crippen LogP) is 3.29. The number of carbonyl (C=O) groups is 1. The molecule has 0 aliphatic carbocycles. The molecule has 2 aliphatic rings. The number of rotatable bonds is 3. The van der Waals surface area contributed by atoms with Gasteiger partial charge in [0.1, 0.15) is 0 Å². The van der Waals surface area contributed by atoms with Crippen molar-refractivity contribution in [3.63, 3.8) is 0 Å². The molecule has 2 fully saturated rings. The van der Waals surface area contributed by atoms with Crippen molar-refractivity contribution < 1.29 is 13.2 Å². The molecule has 0 saturated carbocycles. The molecule has 1 amide bonds. The molecule has 0 radical (unpaired) electrons. The van der Waals surface area contributed by atoms with E-state index >= 15 is 0 Å². The van der Waals surface area contributed by atoms with E-state index < -0.39 is 10.0 Å². The van der Waals surface area contributed by atoms with Crippen LogP contribution in [0.15, 0.2) is 23.1 Å². The minimum Gasteiger partial charge on any atom is -0.338 e. The summed E-state index contributed by atoms with van der Waals surface area (Å²) in [6.45, 7) is 8.75. The second-order valence-electron chi connectivity index (χ2n) is 8.10. The quantitative estimate of drug-likeness (QED) is 0.811. The number of hydrogen-bond acceptors (Lipinski definition) is 3. The Labute approximate surface area is 157 Å². The molecule has 0 aromatic heterocycles. The average molecular weight is 379 g/mol. The van der Waals surface area contributed by atoms with Gasteiger partial charge in [-0.05, 0) is 55.7 Å². The summed E-state index contributed by atoms with van der Waals surface area (Å²) in [7, 11) is -3.54. The summed E-state index contributed by atoms with van der Waals surface area (Å²) in [6.07, 6.45) is 4.02. The van der Waals surface area contributed by atoms with Crippen LogP contribution < -0.4 is 0 Å². The van der Waals surface area contributed by atoms with Crippen molar-refractivity contribution in [1.29, 1.82) is 0 Å². The van der Waals surface area contributed by atoms with E-state index in [0.29, 0.717) is 36.1 Å².